The number of piperazine rings is 1. The summed E-state index contributed by atoms with van der Waals surface area (Å²) < 4.78 is 13.9. The van der Waals surface area contributed by atoms with Crippen LogP contribution < -0.4 is 4.90 Å². The smallest absolute Gasteiger partial charge is 0.242 e. The first-order valence-electron chi connectivity index (χ1n) is 7.22. The Labute approximate surface area is 124 Å². The number of ketones is 1. The molecule has 1 aromatic rings. The molecule has 1 aromatic carbocycles. The van der Waals surface area contributed by atoms with E-state index in [1.807, 2.05) is 4.90 Å². The standard InChI is InChI=1S/C16H21FN2O2/c1-11(2)9-19-8-7-18(10-15(19)21)14-6-4-5-13(17)16(14)12(3)20/h4-6,11H,7-10H2,1-3H3. The van der Waals surface area contributed by atoms with E-state index >= 15 is 0 Å². The first-order valence-corrected chi connectivity index (χ1v) is 7.22. The quantitative estimate of drug-likeness (QED) is 0.800. The summed E-state index contributed by atoms with van der Waals surface area (Å²) in [6, 6.07) is 4.55. The first kappa shape index (κ1) is 15.5. The summed E-state index contributed by atoms with van der Waals surface area (Å²) in [6.07, 6.45) is 0. The van der Waals surface area contributed by atoms with Gasteiger partial charge in [-0.05, 0) is 25.0 Å². The molecule has 4 nitrogen and oxygen atoms in total. The molecule has 0 bridgehead atoms. The van der Waals surface area contributed by atoms with Gasteiger partial charge in [-0.3, -0.25) is 9.59 Å². The zero-order chi connectivity index (χ0) is 15.6. The molecule has 5 heteroatoms. The summed E-state index contributed by atoms with van der Waals surface area (Å²) in [5, 5.41) is 0. The number of nitrogens with zero attached hydrogens (tertiary/aromatic N) is 2. The van der Waals surface area contributed by atoms with E-state index in [-0.39, 0.29) is 23.8 Å². The number of anilines is 1. The summed E-state index contributed by atoms with van der Waals surface area (Å²) in [5.41, 5.74) is 0.586. The lowest BCUT2D eigenvalue weighted by molar-refractivity contribution is -0.131. The molecule has 0 N–H and O–H groups in total. The molecule has 0 atom stereocenters. The van der Waals surface area contributed by atoms with Crippen molar-refractivity contribution in [3.05, 3.63) is 29.6 Å². The van der Waals surface area contributed by atoms with Gasteiger partial charge in [0.15, 0.2) is 5.78 Å². The molecule has 114 valence electrons. The molecule has 1 heterocycles. The summed E-state index contributed by atoms with van der Waals surface area (Å²) in [4.78, 5) is 27.5. The molecule has 2 rings (SSSR count). The zero-order valence-electron chi connectivity index (χ0n) is 12.7. The number of amides is 1. The highest BCUT2D eigenvalue weighted by Crippen LogP contribution is 2.25. The highest BCUT2D eigenvalue weighted by molar-refractivity contribution is 6.00. The summed E-state index contributed by atoms with van der Waals surface area (Å²) in [6.45, 7) is 7.62. The second-order valence-corrected chi connectivity index (χ2v) is 5.85. The molecular weight excluding hydrogens is 271 g/mol. The molecule has 1 amide bonds. The van der Waals surface area contributed by atoms with Gasteiger partial charge in [-0.15, -0.1) is 0 Å². The number of carbonyl (C=O) groups excluding carboxylic acids is 2. The Morgan fingerprint density at radius 2 is 2.05 bits per heavy atom. The van der Waals surface area contributed by atoms with Gasteiger partial charge in [0, 0.05) is 19.6 Å². The van der Waals surface area contributed by atoms with Crippen LogP contribution in [-0.4, -0.2) is 42.8 Å². The molecule has 21 heavy (non-hydrogen) atoms. The highest BCUT2D eigenvalue weighted by Gasteiger charge is 2.27. The van der Waals surface area contributed by atoms with Crippen molar-refractivity contribution in [1.29, 1.82) is 0 Å². The van der Waals surface area contributed by atoms with Crippen LogP contribution in [0.2, 0.25) is 0 Å². The van der Waals surface area contributed by atoms with Crippen molar-refractivity contribution in [3.8, 4) is 0 Å². The lowest BCUT2D eigenvalue weighted by Crippen LogP contribution is -2.51. The van der Waals surface area contributed by atoms with E-state index in [2.05, 4.69) is 13.8 Å². The van der Waals surface area contributed by atoms with Gasteiger partial charge < -0.3 is 9.80 Å². The molecule has 1 saturated heterocycles. The minimum atomic E-state index is -0.531. The van der Waals surface area contributed by atoms with Gasteiger partial charge in [0.1, 0.15) is 5.82 Å². The largest absolute Gasteiger partial charge is 0.360 e. The van der Waals surface area contributed by atoms with Gasteiger partial charge in [-0.1, -0.05) is 19.9 Å². The van der Waals surface area contributed by atoms with Crippen LogP contribution in [0.1, 0.15) is 31.1 Å². The molecule has 0 saturated carbocycles. The number of hydrogen-bond acceptors (Lipinski definition) is 3. The van der Waals surface area contributed by atoms with Crippen LogP contribution in [-0.2, 0) is 4.79 Å². The maximum atomic E-state index is 13.9. The Morgan fingerprint density at radius 3 is 2.62 bits per heavy atom. The Bertz CT molecular complexity index is 557. The van der Waals surface area contributed by atoms with Crippen LogP contribution in [0.15, 0.2) is 18.2 Å². The Hall–Kier alpha value is -1.91. The fraction of sp³-hybridized carbons (Fsp3) is 0.500. The maximum Gasteiger partial charge on any atom is 0.242 e. The van der Waals surface area contributed by atoms with Crippen molar-refractivity contribution < 1.29 is 14.0 Å². The van der Waals surface area contributed by atoms with Crippen molar-refractivity contribution >= 4 is 17.4 Å². The van der Waals surface area contributed by atoms with Gasteiger partial charge in [0.05, 0.1) is 17.8 Å². The lowest BCUT2D eigenvalue weighted by Gasteiger charge is -2.37. The van der Waals surface area contributed by atoms with Crippen LogP contribution >= 0.6 is 0 Å². The van der Waals surface area contributed by atoms with Crippen LogP contribution in [0.3, 0.4) is 0 Å². The topological polar surface area (TPSA) is 40.6 Å². The van der Waals surface area contributed by atoms with Gasteiger partial charge in [0.2, 0.25) is 5.91 Å². The van der Waals surface area contributed by atoms with Gasteiger partial charge in [-0.2, -0.15) is 0 Å². The monoisotopic (exact) mass is 292 g/mol. The van der Waals surface area contributed by atoms with E-state index in [0.29, 0.717) is 24.7 Å². The average molecular weight is 292 g/mol. The average Bonchev–Trinajstić information content (AvgIpc) is 2.40. The second kappa shape index (κ2) is 6.24. The summed E-state index contributed by atoms with van der Waals surface area (Å²) in [5.74, 6) is -0.409. The number of halogens is 1. The van der Waals surface area contributed by atoms with Gasteiger partial charge in [-0.25, -0.2) is 4.39 Å². The maximum absolute atomic E-state index is 13.9. The van der Waals surface area contributed by atoms with Gasteiger partial charge >= 0.3 is 0 Å². The normalized spacial score (nSPS) is 15.8. The fourth-order valence-electron chi connectivity index (χ4n) is 2.67. The number of rotatable bonds is 4. The minimum absolute atomic E-state index is 0.0220. The summed E-state index contributed by atoms with van der Waals surface area (Å²) in [7, 11) is 0. The van der Waals surface area contributed by atoms with E-state index < -0.39 is 5.82 Å². The van der Waals surface area contributed by atoms with Gasteiger partial charge in [0.25, 0.3) is 0 Å². The molecule has 0 spiro atoms. The third kappa shape index (κ3) is 3.40. The molecule has 1 aliphatic rings. The molecule has 0 unspecified atom stereocenters. The second-order valence-electron chi connectivity index (χ2n) is 5.85. The predicted molar refractivity (Wildman–Crippen MR) is 80.0 cm³/mol. The van der Waals surface area contributed by atoms with Crippen LogP contribution in [0.4, 0.5) is 10.1 Å². The van der Waals surface area contributed by atoms with E-state index in [0.717, 1.165) is 6.54 Å². The SMILES string of the molecule is CC(=O)c1c(F)cccc1N1CCN(CC(C)C)C(=O)C1. The third-order valence-corrected chi connectivity index (χ3v) is 3.59. The number of benzene rings is 1. The third-order valence-electron chi connectivity index (χ3n) is 3.59. The van der Waals surface area contributed by atoms with Crippen molar-refractivity contribution in [3.63, 3.8) is 0 Å². The summed E-state index contributed by atoms with van der Waals surface area (Å²) >= 11 is 0. The zero-order valence-corrected chi connectivity index (χ0v) is 12.7. The minimum Gasteiger partial charge on any atom is -0.360 e. The molecule has 1 fully saturated rings. The number of Topliss-reactive ketones (excluding diaryl/α,β-unsaturated/α-hetero) is 1. The van der Waals surface area contributed by atoms with Crippen molar-refractivity contribution in [2.45, 2.75) is 20.8 Å². The molecule has 0 aliphatic carbocycles. The van der Waals surface area contributed by atoms with E-state index in [1.54, 1.807) is 17.0 Å². The van der Waals surface area contributed by atoms with E-state index in [9.17, 15) is 14.0 Å². The van der Waals surface area contributed by atoms with Crippen molar-refractivity contribution in [2.24, 2.45) is 5.92 Å². The van der Waals surface area contributed by atoms with E-state index in [1.165, 1.54) is 13.0 Å². The number of hydrogen-bond donors (Lipinski definition) is 0. The first-order chi connectivity index (χ1) is 9.90. The molecule has 0 aromatic heterocycles. The lowest BCUT2D eigenvalue weighted by atomic mass is 10.1. The van der Waals surface area contributed by atoms with Crippen molar-refractivity contribution in [2.75, 3.05) is 31.1 Å². The Balaban J connectivity index is 2.21. The number of carbonyl (C=O) groups is 2. The molecule has 0 radical (unpaired) electrons. The molecule has 1 aliphatic heterocycles. The fourth-order valence-corrected chi connectivity index (χ4v) is 2.67. The highest BCUT2D eigenvalue weighted by atomic mass is 19.1. The predicted octanol–water partition coefficient (Wildman–Crippen LogP) is 2.33. The van der Waals surface area contributed by atoms with E-state index in [4.69, 9.17) is 0 Å². The van der Waals surface area contributed by atoms with Crippen molar-refractivity contribution in [1.82, 2.24) is 4.90 Å². The van der Waals surface area contributed by atoms with Crippen LogP contribution in [0.5, 0.6) is 0 Å². The Morgan fingerprint density at radius 1 is 1.33 bits per heavy atom. The van der Waals surface area contributed by atoms with Crippen LogP contribution in [0, 0.1) is 11.7 Å². The molecular formula is C16H21FN2O2. The Kier molecular flexibility index (Phi) is 4.60. The van der Waals surface area contributed by atoms with Crippen LogP contribution in [0.25, 0.3) is 0 Å².